The summed E-state index contributed by atoms with van der Waals surface area (Å²) in [7, 11) is 0. The summed E-state index contributed by atoms with van der Waals surface area (Å²) in [5, 5.41) is 0. The summed E-state index contributed by atoms with van der Waals surface area (Å²) in [5.41, 5.74) is 1.32. The Balaban J connectivity index is 2.13. The van der Waals surface area contributed by atoms with E-state index in [2.05, 4.69) is 24.3 Å². The largest absolute Gasteiger partial charge is 0.287 e. The quantitative estimate of drug-likeness (QED) is 0.809. The molecule has 16 heavy (non-hydrogen) atoms. The van der Waals surface area contributed by atoms with E-state index in [0.29, 0.717) is 5.92 Å². The van der Waals surface area contributed by atoms with E-state index in [1.165, 1.54) is 18.4 Å². The van der Waals surface area contributed by atoms with Crippen LogP contribution in [0.5, 0.6) is 0 Å². The first kappa shape index (κ1) is 11.8. The molecular formula is C13H18O2S. The highest BCUT2D eigenvalue weighted by molar-refractivity contribution is 7.79. The van der Waals surface area contributed by atoms with E-state index in [1.807, 2.05) is 6.07 Å². The normalized spacial score (nSPS) is 27.6. The van der Waals surface area contributed by atoms with Crippen molar-refractivity contribution in [3.05, 3.63) is 35.9 Å². The van der Waals surface area contributed by atoms with Crippen LogP contribution in [-0.2, 0) is 15.3 Å². The fourth-order valence-corrected chi connectivity index (χ4v) is 3.05. The van der Waals surface area contributed by atoms with Crippen LogP contribution in [0.15, 0.2) is 30.3 Å². The molecule has 2 nitrogen and oxygen atoms in total. The molecule has 3 heteroatoms. The van der Waals surface area contributed by atoms with Crippen LogP contribution in [0.3, 0.4) is 0 Å². The molecule has 1 aliphatic rings. The van der Waals surface area contributed by atoms with Gasteiger partial charge in [-0.1, -0.05) is 43.2 Å². The van der Waals surface area contributed by atoms with Crippen LogP contribution in [0.2, 0.25) is 0 Å². The molecule has 1 aromatic rings. The Morgan fingerprint density at radius 2 is 1.88 bits per heavy atom. The average Bonchev–Trinajstić information content (AvgIpc) is 2.30. The Labute approximate surface area is 99.7 Å². The molecule has 0 heterocycles. The van der Waals surface area contributed by atoms with Crippen molar-refractivity contribution < 1.29 is 8.39 Å². The van der Waals surface area contributed by atoms with Gasteiger partial charge in [-0.05, 0) is 18.4 Å². The molecule has 0 amide bonds. The smallest absolute Gasteiger partial charge is 0.152 e. The van der Waals surface area contributed by atoms with Gasteiger partial charge in [-0.2, -0.15) is 0 Å². The van der Waals surface area contributed by atoms with Crippen molar-refractivity contribution in [3.63, 3.8) is 0 Å². The third-order valence-electron chi connectivity index (χ3n) is 3.19. The molecule has 0 unspecified atom stereocenters. The van der Waals surface area contributed by atoms with Crippen molar-refractivity contribution in [2.24, 2.45) is 0 Å². The highest BCUT2D eigenvalue weighted by Gasteiger charge is 2.28. The van der Waals surface area contributed by atoms with Gasteiger partial charge in [-0.3, -0.25) is 4.18 Å². The molecule has 1 aliphatic carbocycles. The number of hydrogen-bond donors (Lipinski definition) is 0. The topological polar surface area (TPSA) is 26.3 Å². The molecule has 2 rings (SSSR count). The molecule has 1 fully saturated rings. The lowest BCUT2D eigenvalue weighted by Crippen LogP contribution is -2.26. The molecule has 0 saturated heterocycles. The van der Waals surface area contributed by atoms with Gasteiger partial charge in [0.05, 0.1) is 6.10 Å². The monoisotopic (exact) mass is 238 g/mol. The van der Waals surface area contributed by atoms with Crippen molar-refractivity contribution in [2.45, 2.75) is 37.7 Å². The minimum absolute atomic E-state index is 0.127. The Kier molecular flexibility index (Phi) is 4.13. The maximum atomic E-state index is 11.2. The predicted octanol–water partition coefficient (Wildman–Crippen LogP) is 3.02. The molecule has 0 spiro atoms. The van der Waals surface area contributed by atoms with E-state index < -0.39 is 11.1 Å². The van der Waals surface area contributed by atoms with Crippen molar-refractivity contribution in [1.29, 1.82) is 0 Å². The van der Waals surface area contributed by atoms with E-state index in [-0.39, 0.29) is 6.10 Å². The van der Waals surface area contributed by atoms with Gasteiger partial charge in [0.15, 0.2) is 11.1 Å². The van der Waals surface area contributed by atoms with Gasteiger partial charge in [0, 0.05) is 12.2 Å². The molecule has 1 saturated carbocycles. The maximum Gasteiger partial charge on any atom is 0.152 e. The maximum absolute atomic E-state index is 11.2. The summed E-state index contributed by atoms with van der Waals surface area (Å²) in [6.07, 6.45) is 6.34. The first-order valence-electron chi connectivity index (χ1n) is 5.83. The highest BCUT2D eigenvalue weighted by Crippen LogP contribution is 2.35. The van der Waals surface area contributed by atoms with Crippen LogP contribution in [0.25, 0.3) is 0 Å². The second kappa shape index (κ2) is 5.60. The molecule has 0 radical (unpaired) electrons. The van der Waals surface area contributed by atoms with Gasteiger partial charge in [0.25, 0.3) is 0 Å². The minimum atomic E-state index is -1.16. The molecule has 0 aromatic heterocycles. The predicted molar refractivity (Wildman–Crippen MR) is 66.6 cm³/mol. The molecule has 0 bridgehead atoms. The van der Waals surface area contributed by atoms with Gasteiger partial charge in [-0.25, -0.2) is 4.21 Å². The van der Waals surface area contributed by atoms with E-state index in [1.54, 1.807) is 6.26 Å². The van der Waals surface area contributed by atoms with Crippen LogP contribution in [0.4, 0.5) is 0 Å². The van der Waals surface area contributed by atoms with Gasteiger partial charge < -0.3 is 0 Å². The first-order chi connectivity index (χ1) is 7.77. The summed E-state index contributed by atoms with van der Waals surface area (Å²) in [6, 6.07) is 10.4. The van der Waals surface area contributed by atoms with Gasteiger partial charge >= 0.3 is 0 Å². The molecule has 0 aliphatic heterocycles. The Bertz CT molecular complexity index is 350. The zero-order chi connectivity index (χ0) is 11.4. The van der Waals surface area contributed by atoms with Gasteiger partial charge in [-0.15, -0.1) is 0 Å². The lowest BCUT2D eigenvalue weighted by molar-refractivity contribution is 0.148. The summed E-state index contributed by atoms with van der Waals surface area (Å²) in [5.74, 6) is 0.416. The SMILES string of the molecule is C[S@@](=O)O[C@H]1CCCC[C@@H]1c1ccccc1. The second-order valence-corrected chi connectivity index (χ2v) is 5.33. The summed E-state index contributed by atoms with van der Waals surface area (Å²) in [6.45, 7) is 0. The number of hydrogen-bond acceptors (Lipinski definition) is 2. The van der Waals surface area contributed by atoms with Crippen LogP contribution in [0, 0.1) is 0 Å². The van der Waals surface area contributed by atoms with E-state index in [4.69, 9.17) is 4.18 Å². The fourth-order valence-electron chi connectivity index (χ4n) is 2.47. The van der Waals surface area contributed by atoms with Crippen molar-refractivity contribution in [1.82, 2.24) is 0 Å². The van der Waals surface area contributed by atoms with E-state index >= 15 is 0 Å². The third-order valence-corrected chi connectivity index (χ3v) is 3.71. The fraction of sp³-hybridized carbons (Fsp3) is 0.538. The molecule has 3 atom stereocenters. The lowest BCUT2D eigenvalue weighted by atomic mass is 9.82. The number of benzene rings is 1. The Hall–Kier alpha value is -0.670. The van der Waals surface area contributed by atoms with Crippen LogP contribution in [-0.4, -0.2) is 16.6 Å². The molecule has 1 aromatic carbocycles. The van der Waals surface area contributed by atoms with E-state index in [9.17, 15) is 4.21 Å². The van der Waals surface area contributed by atoms with Crippen LogP contribution >= 0.6 is 0 Å². The van der Waals surface area contributed by atoms with Crippen LogP contribution in [0.1, 0.15) is 37.2 Å². The molecule has 88 valence electrons. The standard InChI is InChI=1S/C13H18O2S/c1-16(14)15-13-10-6-5-9-12(13)11-7-3-2-4-8-11/h2-4,7-8,12-13H,5-6,9-10H2,1H3/t12-,13+,16+/m1/s1. The Morgan fingerprint density at radius 1 is 1.19 bits per heavy atom. The highest BCUT2D eigenvalue weighted by atomic mass is 32.2. The summed E-state index contributed by atoms with van der Waals surface area (Å²) < 4.78 is 16.7. The summed E-state index contributed by atoms with van der Waals surface area (Å²) in [4.78, 5) is 0. The van der Waals surface area contributed by atoms with Crippen molar-refractivity contribution in [3.8, 4) is 0 Å². The molecular weight excluding hydrogens is 220 g/mol. The zero-order valence-corrected chi connectivity index (χ0v) is 10.4. The zero-order valence-electron chi connectivity index (χ0n) is 9.59. The third kappa shape index (κ3) is 2.92. The van der Waals surface area contributed by atoms with Gasteiger partial charge in [0.2, 0.25) is 0 Å². The minimum Gasteiger partial charge on any atom is -0.287 e. The van der Waals surface area contributed by atoms with E-state index in [0.717, 1.165) is 12.8 Å². The second-order valence-electron chi connectivity index (χ2n) is 4.34. The number of rotatable bonds is 3. The summed E-state index contributed by atoms with van der Waals surface area (Å²) >= 11 is -1.16. The van der Waals surface area contributed by atoms with Crippen molar-refractivity contribution >= 4 is 11.1 Å². The molecule has 0 N–H and O–H groups in total. The van der Waals surface area contributed by atoms with Crippen molar-refractivity contribution in [2.75, 3.05) is 6.26 Å². The lowest BCUT2D eigenvalue weighted by Gasteiger charge is -2.30. The van der Waals surface area contributed by atoms with Gasteiger partial charge in [0.1, 0.15) is 0 Å². The average molecular weight is 238 g/mol. The first-order valence-corrected chi connectivity index (χ1v) is 7.31. The Morgan fingerprint density at radius 3 is 2.56 bits per heavy atom. The van der Waals surface area contributed by atoms with Crippen LogP contribution < -0.4 is 0 Å².